The van der Waals surface area contributed by atoms with Gasteiger partial charge in [-0.1, -0.05) is 18.2 Å². The summed E-state index contributed by atoms with van der Waals surface area (Å²) in [4.78, 5) is 35.5. The van der Waals surface area contributed by atoms with E-state index in [1.165, 1.54) is 28.6 Å². The number of amides is 1. The van der Waals surface area contributed by atoms with Crippen molar-refractivity contribution in [2.75, 3.05) is 39.2 Å². The molecule has 7 nitrogen and oxygen atoms in total. The van der Waals surface area contributed by atoms with Crippen molar-refractivity contribution in [2.45, 2.75) is 37.3 Å². The van der Waals surface area contributed by atoms with Crippen LogP contribution in [0.25, 0.3) is 15.9 Å². The van der Waals surface area contributed by atoms with E-state index in [0.717, 1.165) is 47.3 Å². The molecule has 0 atom stereocenters. The number of methoxy groups -OCH3 is 1. The fraction of sp³-hybridized carbons (Fsp3) is 0.458. The number of morpholine rings is 1. The summed E-state index contributed by atoms with van der Waals surface area (Å²) in [5, 5.41) is 1.30. The summed E-state index contributed by atoms with van der Waals surface area (Å²) < 4.78 is 12.3. The molecule has 2 aromatic heterocycles. The topological polar surface area (TPSA) is 73.7 Å². The standard InChI is InChI=1S/C24H27N3O4S2/c1-30-17-9-7-16(8-10-17)27-23(29)21-18-5-3-2-4-6-19(18)33-22(21)25-24(27)32-15-20(28)26-11-13-31-14-12-26/h7-10H,2-6,11-15H2,1H3. The second kappa shape index (κ2) is 9.87. The molecule has 1 aromatic carbocycles. The van der Waals surface area contributed by atoms with E-state index in [1.54, 1.807) is 23.0 Å². The summed E-state index contributed by atoms with van der Waals surface area (Å²) in [7, 11) is 1.62. The van der Waals surface area contributed by atoms with Gasteiger partial charge in [0.1, 0.15) is 10.6 Å². The highest BCUT2D eigenvalue weighted by Crippen LogP contribution is 2.34. The van der Waals surface area contributed by atoms with Crippen molar-refractivity contribution in [2.24, 2.45) is 0 Å². The lowest BCUT2D eigenvalue weighted by Crippen LogP contribution is -2.41. The van der Waals surface area contributed by atoms with Crippen LogP contribution in [0.1, 0.15) is 29.7 Å². The van der Waals surface area contributed by atoms with Gasteiger partial charge in [0, 0.05) is 18.0 Å². The average Bonchev–Trinajstić information content (AvgIpc) is 3.04. The number of rotatable bonds is 5. The largest absolute Gasteiger partial charge is 0.497 e. The lowest BCUT2D eigenvalue weighted by Gasteiger charge is -2.26. The summed E-state index contributed by atoms with van der Waals surface area (Å²) in [5.74, 6) is 1.00. The van der Waals surface area contributed by atoms with E-state index in [1.807, 2.05) is 29.2 Å². The van der Waals surface area contributed by atoms with Crippen LogP contribution in [0.3, 0.4) is 0 Å². The van der Waals surface area contributed by atoms with E-state index < -0.39 is 0 Å². The maximum absolute atomic E-state index is 13.9. The third-order valence-electron chi connectivity index (χ3n) is 6.23. The van der Waals surface area contributed by atoms with Crippen LogP contribution in [0.4, 0.5) is 0 Å². The zero-order chi connectivity index (χ0) is 22.8. The molecule has 2 aliphatic rings. The molecule has 1 saturated heterocycles. The van der Waals surface area contributed by atoms with Gasteiger partial charge in [0.15, 0.2) is 5.16 Å². The Kier molecular flexibility index (Phi) is 6.71. The van der Waals surface area contributed by atoms with Crippen LogP contribution in [-0.4, -0.2) is 59.5 Å². The minimum atomic E-state index is -0.0501. The highest BCUT2D eigenvalue weighted by Gasteiger charge is 2.24. The van der Waals surface area contributed by atoms with Crippen LogP contribution in [-0.2, 0) is 22.4 Å². The molecule has 3 heterocycles. The summed E-state index contributed by atoms with van der Waals surface area (Å²) in [6.45, 7) is 2.35. The number of carbonyl (C=O) groups is 1. The lowest BCUT2D eigenvalue weighted by molar-refractivity contribution is -0.132. The third-order valence-corrected chi connectivity index (χ3v) is 8.34. The number of fused-ring (bicyclic) bond motifs is 3. The number of aryl methyl sites for hydroxylation is 2. The van der Waals surface area contributed by atoms with Gasteiger partial charge in [-0.15, -0.1) is 11.3 Å². The summed E-state index contributed by atoms with van der Waals surface area (Å²) >= 11 is 2.97. The predicted molar refractivity (Wildman–Crippen MR) is 131 cm³/mol. The van der Waals surface area contributed by atoms with E-state index in [2.05, 4.69) is 0 Å². The predicted octanol–water partition coefficient (Wildman–Crippen LogP) is 3.68. The Morgan fingerprint density at radius 1 is 1.15 bits per heavy atom. The zero-order valence-corrected chi connectivity index (χ0v) is 20.3. The summed E-state index contributed by atoms with van der Waals surface area (Å²) in [6.07, 6.45) is 5.39. The van der Waals surface area contributed by atoms with Gasteiger partial charge >= 0.3 is 0 Å². The van der Waals surface area contributed by atoms with Gasteiger partial charge in [0.2, 0.25) is 5.91 Å². The molecule has 1 aliphatic heterocycles. The average molecular weight is 486 g/mol. The van der Waals surface area contributed by atoms with Crippen LogP contribution in [0, 0.1) is 0 Å². The van der Waals surface area contributed by atoms with Crippen molar-refractivity contribution < 1.29 is 14.3 Å². The number of benzene rings is 1. The third kappa shape index (κ3) is 4.54. The molecule has 1 aliphatic carbocycles. The number of thioether (sulfide) groups is 1. The molecule has 33 heavy (non-hydrogen) atoms. The fourth-order valence-corrected chi connectivity index (χ4v) is 6.67. The fourth-order valence-electron chi connectivity index (χ4n) is 4.45. The molecule has 1 amide bonds. The molecular formula is C24H27N3O4S2. The van der Waals surface area contributed by atoms with Gasteiger partial charge in [-0.2, -0.15) is 0 Å². The van der Waals surface area contributed by atoms with Crippen LogP contribution >= 0.6 is 23.1 Å². The first-order valence-corrected chi connectivity index (χ1v) is 13.2. The molecule has 1 fully saturated rings. The first-order chi connectivity index (χ1) is 16.2. The molecule has 0 radical (unpaired) electrons. The molecular weight excluding hydrogens is 458 g/mol. The second-order valence-electron chi connectivity index (χ2n) is 8.26. The SMILES string of the molecule is COc1ccc(-n2c(SCC(=O)N3CCOCC3)nc3sc4c(c3c2=O)CCCCC4)cc1. The molecule has 5 rings (SSSR count). The van der Waals surface area contributed by atoms with E-state index >= 15 is 0 Å². The molecule has 0 saturated carbocycles. The molecule has 9 heteroatoms. The van der Waals surface area contributed by atoms with Crippen LogP contribution < -0.4 is 10.3 Å². The van der Waals surface area contributed by atoms with Crippen molar-refractivity contribution in [3.8, 4) is 11.4 Å². The number of hydrogen-bond donors (Lipinski definition) is 0. The molecule has 3 aromatic rings. The number of nitrogens with zero attached hydrogens (tertiary/aromatic N) is 3. The molecule has 0 bridgehead atoms. The Bertz CT molecular complexity index is 1210. The number of ether oxygens (including phenoxy) is 2. The number of aromatic nitrogens is 2. The minimum absolute atomic E-state index is 0.0425. The monoisotopic (exact) mass is 485 g/mol. The summed E-state index contributed by atoms with van der Waals surface area (Å²) in [5.41, 5.74) is 1.85. The van der Waals surface area contributed by atoms with Gasteiger partial charge < -0.3 is 14.4 Å². The highest BCUT2D eigenvalue weighted by atomic mass is 32.2. The quantitative estimate of drug-likeness (QED) is 0.312. The van der Waals surface area contributed by atoms with Gasteiger partial charge in [0.25, 0.3) is 5.56 Å². The molecule has 174 valence electrons. The minimum Gasteiger partial charge on any atom is -0.497 e. The van der Waals surface area contributed by atoms with E-state index in [4.69, 9.17) is 14.5 Å². The van der Waals surface area contributed by atoms with E-state index in [-0.39, 0.29) is 17.2 Å². The van der Waals surface area contributed by atoms with Crippen LogP contribution in [0.2, 0.25) is 0 Å². The number of carbonyl (C=O) groups excluding carboxylic acids is 1. The Balaban J connectivity index is 1.57. The Hall–Kier alpha value is -2.36. The Morgan fingerprint density at radius 3 is 2.67 bits per heavy atom. The van der Waals surface area contributed by atoms with Crippen molar-refractivity contribution in [1.82, 2.24) is 14.5 Å². The maximum atomic E-state index is 13.9. The van der Waals surface area contributed by atoms with E-state index in [9.17, 15) is 9.59 Å². The number of thiophene rings is 1. The van der Waals surface area contributed by atoms with Gasteiger partial charge in [-0.25, -0.2) is 4.98 Å². The normalized spacial score (nSPS) is 16.5. The van der Waals surface area contributed by atoms with Gasteiger partial charge in [-0.3, -0.25) is 14.2 Å². The smallest absolute Gasteiger partial charge is 0.267 e. The van der Waals surface area contributed by atoms with Crippen molar-refractivity contribution in [1.29, 1.82) is 0 Å². The Morgan fingerprint density at radius 2 is 1.91 bits per heavy atom. The van der Waals surface area contributed by atoms with Crippen molar-refractivity contribution >= 4 is 39.2 Å². The maximum Gasteiger partial charge on any atom is 0.267 e. The Labute approximate surface area is 200 Å². The van der Waals surface area contributed by atoms with Crippen molar-refractivity contribution in [3.63, 3.8) is 0 Å². The van der Waals surface area contributed by atoms with Crippen LogP contribution in [0.15, 0.2) is 34.2 Å². The van der Waals surface area contributed by atoms with E-state index in [0.29, 0.717) is 31.5 Å². The second-order valence-corrected chi connectivity index (χ2v) is 10.3. The summed E-state index contributed by atoms with van der Waals surface area (Å²) in [6, 6.07) is 7.42. The molecule has 0 spiro atoms. The molecule has 0 N–H and O–H groups in total. The van der Waals surface area contributed by atoms with Crippen LogP contribution in [0.5, 0.6) is 5.75 Å². The van der Waals surface area contributed by atoms with Crippen molar-refractivity contribution in [3.05, 3.63) is 45.1 Å². The van der Waals surface area contributed by atoms with Gasteiger partial charge in [0.05, 0.1) is 37.2 Å². The first-order valence-electron chi connectivity index (χ1n) is 11.4. The van der Waals surface area contributed by atoms with Gasteiger partial charge in [-0.05, 0) is 55.5 Å². The first kappa shape index (κ1) is 22.4. The molecule has 0 unspecified atom stereocenters. The number of hydrogen-bond acceptors (Lipinski definition) is 7. The lowest BCUT2D eigenvalue weighted by atomic mass is 10.1. The highest BCUT2D eigenvalue weighted by molar-refractivity contribution is 7.99. The zero-order valence-electron chi connectivity index (χ0n) is 18.7.